The highest BCUT2D eigenvalue weighted by Gasteiger charge is 2.09. The van der Waals surface area contributed by atoms with Gasteiger partial charge in [0.25, 0.3) is 5.91 Å². The van der Waals surface area contributed by atoms with Gasteiger partial charge < -0.3 is 15.4 Å². The smallest absolute Gasteiger partial charge is 0.251 e. The van der Waals surface area contributed by atoms with Crippen LogP contribution in [0.4, 0.5) is 0 Å². The number of ether oxygens (including phenoxy) is 1. The first-order valence-electron chi connectivity index (χ1n) is 10.3. The molecule has 0 fully saturated rings. The Labute approximate surface area is 181 Å². The highest BCUT2D eigenvalue weighted by Crippen LogP contribution is 2.13. The largest absolute Gasteiger partial charge is 0.494 e. The number of aromatic nitrogens is 3. The van der Waals surface area contributed by atoms with Crippen molar-refractivity contribution in [1.29, 1.82) is 0 Å². The van der Waals surface area contributed by atoms with E-state index in [0.29, 0.717) is 18.7 Å². The third-order valence-corrected chi connectivity index (χ3v) is 4.66. The van der Waals surface area contributed by atoms with Gasteiger partial charge in [0.1, 0.15) is 17.4 Å². The fourth-order valence-electron chi connectivity index (χ4n) is 2.89. The van der Waals surface area contributed by atoms with Gasteiger partial charge >= 0.3 is 0 Å². The Balaban J connectivity index is 1.45. The Morgan fingerprint density at radius 1 is 1.06 bits per heavy atom. The number of carbonyl (C=O) groups is 2. The molecule has 2 aromatic heterocycles. The van der Waals surface area contributed by atoms with E-state index in [-0.39, 0.29) is 18.4 Å². The van der Waals surface area contributed by atoms with Crippen molar-refractivity contribution in [3.05, 3.63) is 71.9 Å². The molecule has 0 unspecified atom stereocenters. The molecule has 0 spiro atoms. The summed E-state index contributed by atoms with van der Waals surface area (Å²) in [7, 11) is 0. The molecule has 8 nitrogen and oxygen atoms in total. The second-order valence-corrected chi connectivity index (χ2v) is 7.05. The van der Waals surface area contributed by atoms with Gasteiger partial charge in [0.15, 0.2) is 0 Å². The zero-order chi connectivity index (χ0) is 22.1. The molecule has 2 heterocycles. The van der Waals surface area contributed by atoms with E-state index in [2.05, 4.69) is 27.5 Å². The van der Waals surface area contributed by atoms with E-state index in [0.717, 1.165) is 35.8 Å². The topological polar surface area (TPSA) is 98.1 Å². The van der Waals surface area contributed by atoms with Crippen molar-refractivity contribution >= 4 is 11.8 Å². The van der Waals surface area contributed by atoms with Crippen LogP contribution in [-0.4, -0.2) is 39.5 Å². The monoisotopic (exact) mass is 421 g/mol. The predicted octanol–water partition coefficient (Wildman–Crippen LogP) is 2.80. The van der Waals surface area contributed by atoms with Gasteiger partial charge in [-0.25, -0.2) is 9.97 Å². The molecule has 1 aromatic carbocycles. The molecule has 0 atom stereocenters. The quantitative estimate of drug-likeness (QED) is 0.491. The van der Waals surface area contributed by atoms with Crippen LogP contribution in [0.3, 0.4) is 0 Å². The molecule has 0 saturated carbocycles. The van der Waals surface area contributed by atoms with Crippen molar-refractivity contribution in [3.63, 3.8) is 0 Å². The molecule has 162 valence electrons. The molecule has 3 aromatic rings. The third kappa shape index (κ3) is 6.40. The van der Waals surface area contributed by atoms with Crippen molar-refractivity contribution in [1.82, 2.24) is 25.2 Å². The van der Waals surface area contributed by atoms with Crippen LogP contribution in [0.5, 0.6) is 5.75 Å². The Hall–Kier alpha value is -3.68. The molecular weight excluding hydrogens is 394 g/mol. The normalized spacial score (nSPS) is 10.5. The zero-order valence-corrected chi connectivity index (χ0v) is 17.8. The zero-order valence-electron chi connectivity index (χ0n) is 17.8. The number of imidazole rings is 1. The van der Waals surface area contributed by atoms with Crippen molar-refractivity contribution < 1.29 is 14.3 Å². The molecule has 31 heavy (non-hydrogen) atoms. The van der Waals surface area contributed by atoms with E-state index in [1.807, 2.05) is 29.8 Å². The maximum Gasteiger partial charge on any atom is 0.251 e. The molecule has 0 aliphatic rings. The minimum atomic E-state index is -0.308. The van der Waals surface area contributed by atoms with Crippen molar-refractivity contribution in [2.75, 3.05) is 13.2 Å². The first kappa shape index (κ1) is 22.0. The Bertz CT molecular complexity index is 1010. The van der Waals surface area contributed by atoms with Crippen LogP contribution in [0, 0.1) is 6.92 Å². The van der Waals surface area contributed by atoms with Crippen LogP contribution >= 0.6 is 0 Å². The number of hydrogen-bond donors (Lipinski definition) is 2. The molecule has 0 radical (unpaired) electrons. The van der Waals surface area contributed by atoms with Crippen LogP contribution < -0.4 is 15.4 Å². The van der Waals surface area contributed by atoms with Crippen LogP contribution in [0.15, 0.2) is 55.0 Å². The predicted molar refractivity (Wildman–Crippen MR) is 117 cm³/mol. The Morgan fingerprint density at radius 3 is 2.58 bits per heavy atom. The van der Waals surface area contributed by atoms with Crippen LogP contribution in [0.1, 0.15) is 41.5 Å². The number of pyridine rings is 1. The lowest BCUT2D eigenvalue weighted by molar-refractivity contribution is -0.120. The molecule has 3 rings (SSSR count). The van der Waals surface area contributed by atoms with Crippen molar-refractivity contribution in [3.8, 4) is 11.6 Å². The number of benzene rings is 1. The lowest BCUT2D eigenvalue weighted by Crippen LogP contribution is -2.36. The van der Waals surface area contributed by atoms with Gasteiger partial charge in [0.05, 0.1) is 13.2 Å². The van der Waals surface area contributed by atoms with E-state index in [9.17, 15) is 9.59 Å². The Morgan fingerprint density at radius 2 is 1.87 bits per heavy atom. The van der Waals surface area contributed by atoms with Crippen LogP contribution in [0.25, 0.3) is 5.82 Å². The minimum Gasteiger partial charge on any atom is -0.494 e. The molecule has 0 aliphatic carbocycles. The number of amides is 2. The standard InChI is InChI=1S/C23H27N5O3/c1-3-4-13-31-20-7-5-19(6-8-20)23(30)27-16-22(29)26-15-18-9-10-25-21(14-18)28-12-11-24-17(28)2/h5-12,14H,3-4,13,15-16H2,1-2H3,(H,26,29)(H,27,30). The van der Waals surface area contributed by atoms with E-state index in [1.54, 1.807) is 36.7 Å². The summed E-state index contributed by atoms with van der Waals surface area (Å²) in [5.74, 6) is 1.71. The number of unbranched alkanes of at least 4 members (excludes halogenated alkanes) is 1. The van der Waals surface area contributed by atoms with E-state index in [1.165, 1.54) is 0 Å². The number of hydrogen-bond acceptors (Lipinski definition) is 5. The molecule has 2 N–H and O–H groups in total. The van der Waals surface area contributed by atoms with Gasteiger partial charge in [-0.05, 0) is 55.3 Å². The Kier molecular flexibility index (Phi) is 7.75. The van der Waals surface area contributed by atoms with Crippen molar-refractivity contribution in [2.24, 2.45) is 0 Å². The molecular formula is C23H27N5O3. The first-order chi connectivity index (χ1) is 15.1. The lowest BCUT2D eigenvalue weighted by atomic mass is 10.2. The number of nitrogens with zero attached hydrogens (tertiary/aromatic N) is 3. The molecule has 0 bridgehead atoms. The molecule has 2 amide bonds. The summed E-state index contributed by atoms with van der Waals surface area (Å²) in [5, 5.41) is 5.44. The van der Waals surface area contributed by atoms with Gasteiger partial charge in [-0.3, -0.25) is 14.2 Å². The molecule has 0 aliphatic heterocycles. The fraction of sp³-hybridized carbons (Fsp3) is 0.304. The molecule has 0 saturated heterocycles. The summed E-state index contributed by atoms with van der Waals surface area (Å²) in [6, 6.07) is 10.6. The van der Waals surface area contributed by atoms with Crippen LogP contribution in [-0.2, 0) is 11.3 Å². The van der Waals surface area contributed by atoms with E-state index >= 15 is 0 Å². The van der Waals surface area contributed by atoms with Gasteiger partial charge in [0.2, 0.25) is 5.91 Å². The highest BCUT2D eigenvalue weighted by atomic mass is 16.5. The number of aryl methyl sites for hydroxylation is 1. The summed E-state index contributed by atoms with van der Waals surface area (Å²) in [5.41, 5.74) is 1.38. The second kappa shape index (κ2) is 10.9. The van der Waals surface area contributed by atoms with Gasteiger partial charge in [-0.2, -0.15) is 0 Å². The summed E-state index contributed by atoms with van der Waals surface area (Å²) >= 11 is 0. The van der Waals surface area contributed by atoms with Crippen LogP contribution in [0.2, 0.25) is 0 Å². The number of nitrogens with one attached hydrogen (secondary N) is 2. The maximum atomic E-state index is 12.3. The summed E-state index contributed by atoms with van der Waals surface area (Å²) in [4.78, 5) is 32.9. The van der Waals surface area contributed by atoms with Gasteiger partial charge in [-0.1, -0.05) is 13.3 Å². The average Bonchev–Trinajstić information content (AvgIpc) is 3.23. The van der Waals surface area contributed by atoms with Gasteiger partial charge in [0, 0.05) is 30.7 Å². The summed E-state index contributed by atoms with van der Waals surface area (Å²) < 4.78 is 7.45. The molecule has 8 heteroatoms. The third-order valence-electron chi connectivity index (χ3n) is 4.66. The lowest BCUT2D eigenvalue weighted by Gasteiger charge is -2.09. The van der Waals surface area contributed by atoms with Gasteiger partial charge in [-0.15, -0.1) is 0 Å². The summed E-state index contributed by atoms with van der Waals surface area (Å²) in [6.07, 6.45) is 7.28. The highest BCUT2D eigenvalue weighted by molar-refractivity contribution is 5.96. The number of rotatable bonds is 10. The summed E-state index contributed by atoms with van der Waals surface area (Å²) in [6.45, 7) is 4.88. The SMILES string of the molecule is CCCCOc1ccc(C(=O)NCC(=O)NCc2ccnc(-n3ccnc3C)c2)cc1. The second-order valence-electron chi connectivity index (χ2n) is 7.05. The van der Waals surface area contributed by atoms with E-state index in [4.69, 9.17) is 4.74 Å². The minimum absolute atomic E-state index is 0.105. The number of carbonyl (C=O) groups excluding carboxylic acids is 2. The van der Waals surface area contributed by atoms with Crippen molar-refractivity contribution in [2.45, 2.75) is 33.2 Å². The van der Waals surface area contributed by atoms with E-state index < -0.39 is 0 Å². The fourth-order valence-corrected chi connectivity index (χ4v) is 2.89. The average molecular weight is 422 g/mol. The first-order valence-corrected chi connectivity index (χ1v) is 10.3. The maximum absolute atomic E-state index is 12.3.